The molecule has 3 rings (SSSR count). The fourth-order valence-electron chi connectivity index (χ4n) is 2.51. The standard InChI is InChI=1S/C18H14Cl4N2/c19-13-6-2-7-14(20)17(13)23-11-4-1-5-12(10-11)24-18-15(21)8-3-9-16(18)22/h2-3,6-10,23H,1,4-5H2. The van der Waals surface area contributed by atoms with E-state index in [1.54, 1.807) is 30.3 Å². The van der Waals surface area contributed by atoms with E-state index < -0.39 is 0 Å². The molecule has 0 bridgehead atoms. The summed E-state index contributed by atoms with van der Waals surface area (Å²) in [7, 11) is 0. The first kappa shape index (κ1) is 17.6. The second-order valence-corrected chi connectivity index (χ2v) is 7.05. The van der Waals surface area contributed by atoms with Gasteiger partial charge in [-0.3, -0.25) is 4.99 Å². The SMILES string of the molecule is Clc1cccc(Cl)c1N=C1C=C(Nc2c(Cl)cccc2Cl)CCC1. The average molecular weight is 400 g/mol. The van der Waals surface area contributed by atoms with Crippen molar-refractivity contribution in [2.75, 3.05) is 5.32 Å². The molecule has 0 spiro atoms. The van der Waals surface area contributed by atoms with E-state index in [1.165, 1.54) is 0 Å². The van der Waals surface area contributed by atoms with Crippen molar-refractivity contribution in [3.05, 3.63) is 68.3 Å². The third-order valence-electron chi connectivity index (χ3n) is 3.66. The molecule has 0 amide bonds. The summed E-state index contributed by atoms with van der Waals surface area (Å²) in [5, 5.41) is 5.56. The summed E-state index contributed by atoms with van der Waals surface area (Å²) in [6, 6.07) is 10.8. The van der Waals surface area contributed by atoms with Crippen molar-refractivity contribution in [1.82, 2.24) is 0 Å². The molecule has 6 heteroatoms. The van der Waals surface area contributed by atoms with Crippen molar-refractivity contribution >= 4 is 63.5 Å². The van der Waals surface area contributed by atoms with Gasteiger partial charge in [0.25, 0.3) is 0 Å². The number of hydrogen-bond donors (Lipinski definition) is 1. The van der Waals surface area contributed by atoms with Crippen molar-refractivity contribution in [2.24, 2.45) is 4.99 Å². The normalized spacial score (nSPS) is 16.2. The van der Waals surface area contributed by atoms with E-state index in [2.05, 4.69) is 10.3 Å². The lowest BCUT2D eigenvalue weighted by Gasteiger charge is -2.18. The Morgan fingerprint density at radius 2 is 1.38 bits per heavy atom. The molecule has 0 fully saturated rings. The van der Waals surface area contributed by atoms with E-state index >= 15 is 0 Å². The van der Waals surface area contributed by atoms with Gasteiger partial charge in [-0.25, -0.2) is 0 Å². The minimum absolute atomic E-state index is 0.539. The molecule has 0 aromatic heterocycles. The first-order valence-electron chi connectivity index (χ1n) is 7.48. The monoisotopic (exact) mass is 398 g/mol. The molecule has 24 heavy (non-hydrogen) atoms. The summed E-state index contributed by atoms with van der Waals surface area (Å²) in [6.07, 6.45) is 4.74. The zero-order valence-corrected chi connectivity index (χ0v) is 15.6. The molecule has 0 unspecified atom stereocenters. The molecule has 124 valence electrons. The Morgan fingerprint density at radius 1 is 0.792 bits per heavy atom. The molecule has 0 saturated carbocycles. The largest absolute Gasteiger partial charge is 0.356 e. The van der Waals surface area contributed by atoms with Gasteiger partial charge in [-0.1, -0.05) is 58.5 Å². The van der Waals surface area contributed by atoms with Crippen LogP contribution in [-0.4, -0.2) is 5.71 Å². The summed E-state index contributed by atoms with van der Waals surface area (Å²) in [5.74, 6) is 0. The molecule has 0 saturated heterocycles. The van der Waals surface area contributed by atoms with Gasteiger partial charge < -0.3 is 5.32 Å². The Balaban J connectivity index is 1.90. The lowest BCUT2D eigenvalue weighted by Crippen LogP contribution is -2.10. The maximum atomic E-state index is 6.22. The lowest BCUT2D eigenvalue weighted by atomic mass is 10.0. The van der Waals surface area contributed by atoms with E-state index in [0.29, 0.717) is 31.5 Å². The van der Waals surface area contributed by atoms with Crippen LogP contribution in [-0.2, 0) is 0 Å². The van der Waals surface area contributed by atoms with E-state index in [-0.39, 0.29) is 0 Å². The molecular formula is C18H14Cl4N2. The van der Waals surface area contributed by atoms with Gasteiger partial charge in [0.2, 0.25) is 0 Å². The molecular weight excluding hydrogens is 386 g/mol. The number of anilines is 1. The highest BCUT2D eigenvalue weighted by atomic mass is 35.5. The Labute approximate surface area is 161 Å². The fourth-order valence-corrected chi connectivity index (χ4v) is 3.48. The van der Waals surface area contributed by atoms with Gasteiger partial charge in [0.05, 0.1) is 25.8 Å². The van der Waals surface area contributed by atoms with E-state index in [1.807, 2.05) is 12.1 Å². The van der Waals surface area contributed by atoms with E-state index in [9.17, 15) is 0 Å². The number of hydrogen-bond acceptors (Lipinski definition) is 2. The molecule has 0 heterocycles. The fraction of sp³-hybridized carbons (Fsp3) is 0.167. The molecule has 1 aliphatic rings. The second-order valence-electron chi connectivity index (χ2n) is 5.42. The number of benzene rings is 2. The third kappa shape index (κ3) is 4.07. The quantitative estimate of drug-likeness (QED) is 0.565. The van der Waals surface area contributed by atoms with Crippen molar-refractivity contribution in [3.63, 3.8) is 0 Å². The van der Waals surface area contributed by atoms with Crippen LogP contribution in [0.4, 0.5) is 11.4 Å². The van der Waals surface area contributed by atoms with Gasteiger partial charge in [0.1, 0.15) is 5.69 Å². The zero-order chi connectivity index (χ0) is 17.1. The van der Waals surface area contributed by atoms with Crippen LogP contribution >= 0.6 is 46.4 Å². The van der Waals surface area contributed by atoms with Gasteiger partial charge in [-0.2, -0.15) is 0 Å². The minimum Gasteiger partial charge on any atom is -0.356 e. The highest BCUT2D eigenvalue weighted by Crippen LogP contribution is 2.35. The van der Waals surface area contributed by atoms with Gasteiger partial charge in [-0.05, 0) is 49.6 Å². The number of halogens is 4. The molecule has 0 aliphatic heterocycles. The molecule has 2 nitrogen and oxygen atoms in total. The first-order chi connectivity index (χ1) is 11.5. The lowest BCUT2D eigenvalue weighted by molar-refractivity contribution is 0.839. The summed E-state index contributed by atoms with van der Waals surface area (Å²) in [5.41, 5.74) is 3.24. The van der Waals surface area contributed by atoms with Crippen LogP contribution in [0.3, 0.4) is 0 Å². The molecule has 1 N–H and O–H groups in total. The maximum absolute atomic E-state index is 6.22. The molecule has 0 radical (unpaired) electrons. The number of rotatable bonds is 3. The Hall–Kier alpha value is -1.19. The van der Waals surface area contributed by atoms with Crippen molar-refractivity contribution in [1.29, 1.82) is 0 Å². The minimum atomic E-state index is 0.539. The predicted molar refractivity (Wildman–Crippen MR) is 106 cm³/mol. The van der Waals surface area contributed by atoms with Crippen LogP contribution in [0.1, 0.15) is 19.3 Å². The topological polar surface area (TPSA) is 24.4 Å². The summed E-state index contributed by atoms with van der Waals surface area (Å²) in [4.78, 5) is 4.62. The van der Waals surface area contributed by atoms with Crippen LogP contribution in [0.2, 0.25) is 20.1 Å². The van der Waals surface area contributed by atoms with Crippen LogP contribution < -0.4 is 5.32 Å². The summed E-state index contributed by atoms with van der Waals surface area (Å²) < 4.78 is 0. The maximum Gasteiger partial charge on any atom is 0.100 e. The number of allylic oxidation sites excluding steroid dienone is 2. The van der Waals surface area contributed by atoms with Gasteiger partial charge in [-0.15, -0.1) is 0 Å². The average Bonchev–Trinajstić information content (AvgIpc) is 2.55. The number of aliphatic imine (C=N–C) groups is 1. The third-order valence-corrected chi connectivity index (χ3v) is 4.90. The predicted octanol–water partition coefficient (Wildman–Crippen LogP) is 7.55. The first-order valence-corrected chi connectivity index (χ1v) is 8.99. The van der Waals surface area contributed by atoms with Crippen molar-refractivity contribution in [2.45, 2.75) is 19.3 Å². The van der Waals surface area contributed by atoms with Crippen LogP contribution in [0.25, 0.3) is 0 Å². The molecule has 2 aromatic carbocycles. The molecule has 1 aliphatic carbocycles. The second kappa shape index (κ2) is 7.79. The van der Waals surface area contributed by atoms with E-state index in [0.717, 1.165) is 30.7 Å². The highest BCUT2D eigenvalue weighted by molar-refractivity contribution is 6.39. The smallest absolute Gasteiger partial charge is 0.100 e. The number of nitrogens with one attached hydrogen (secondary N) is 1. The van der Waals surface area contributed by atoms with Gasteiger partial charge in [0.15, 0.2) is 0 Å². The van der Waals surface area contributed by atoms with Crippen LogP contribution in [0.5, 0.6) is 0 Å². The van der Waals surface area contributed by atoms with Crippen LogP contribution in [0, 0.1) is 0 Å². The molecule has 0 atom stereocenters. The zero-order valence-electron chi connectivity index (χ0n) is 12.6. The van der Waals surface area contributed by atoms with Crippen LogP contribution in [0.15, 0.2) is 53.2 Å². The summed E-state index contributed by atoms with van der Waals surface area (Å²) >= 11 is 24.8. The van der Waals surface area contributed by atoms with Crippen molar-refractivity contribution < 1.29 is 0 Å². The molecule has 2 aromatic rings. The Morgan fingerprint density at radius 3 is 2.00 bits per heavy atom. The van der Waals surface area contributed by atoms with Crippen molar-refractivity contribution in [3.8, 4) is 0 Å². The highest BCUT2D eigenvalue weighted by Gasteiger charge is 2.13. The Kier molecular flexibility index (Phi) is 5.72. The van der Waals surface area contributed by atoms with Gasteiger partial charge in [0, 0.05) is 11.4 Å². The number of para-hydroxylation sites is 2. The number of nitrogens with zero attached hydrogens (tertiary/aromatic N) is 1. The summed E-state index contributed by atoms with van der Waals surface area (Å²) in [6.45, 7) is 0. The Bertz CT molecular complexity index is 787. The van der Waals surface area contributed by atoms with E-state index in [4.69, 9.17) is 46.4 Å². The van der Waals surface area contributed by atoms with Gasteiger partial charge >= 0.3 is 0 Å².